The number of hydrogen-bond acceptors (Lipinski definition) is 0. The van der Waals surface area contributed by atoms with Gasteiger partial charge >= 0.3 is 0 Å². The summed E-state index contributed by atoms with van der Waals surface area (Å²) in [6.45, 7) is 12.9. The van der Waals surface area contributed by atoms with E-state index < -0.39 is 0 Å². The Bertz CT molecular complexity index is 207. The molecule has 0 saturated heterocycles. The van der Waals surface area contributed by atoms with Gasteiger partial charge in [-0.15, -0.1) is 0 Å². The Labute approximate surface area is 101 Å². The van der Waals surface area contributed by atoms with Gasteiger partial charge in [-0.05, 0) is 23.0 Å². The van der Waals surface area contributed by atoms with Crippen LogP contribution in [0.5, 0.6) is 0 Å². The highest BCUT2D eigenvalue weighted by Gasteiger charge is 2.00. The van der Waals surface area contributed by atoms with Crippen molar-refractivity contribution in [3.8, 4) is 0 Å². The van der Waals surface area contributed by atoms with Gasteiger partial charge in [-0.1, -0.05) is 65.8 Å². The van der Waals surface area contributed by atoms with E-state index >= 15 is 0 Å². The largest absolute Gasteiger partial charge is 0.255 e. The maximum Gasteiger partial charge on any atom is 0.0785 e. The zero-order valence-electron chi connectivity index (χ0n) is 11.8. The Hall–Kier alpha value is -0.850. The molecule has 0 atom stereocenters. The van der Waals surface area contributed by atoms with Crippen LogP contribution < -0.4 is 0 Å². The molecule has 0 fully saturated rings. The van der Waals surface area contributed by atoms with Gasteiger partial charge in [0.15, 0.2) is 0 Å². The van der Waals surface area contributed by atoms with Crippen molar-refractivity contribution in [3.05, 3.63) is 35.4 Å². The lowest BCUT2D eigenvalue weighted by molar-refractivity contribution is 0.636. The summed E-state index contributed by atoms with van der Waals surface area (Å²) < 4.78 is 9.50. The molecule has 1 heteroatoms. The predicted molar refractivity (Wildman–Crippen MR) is 73.0 cm³/mol. The second-order valence-electron chi connectivity index (χ2n) is 3.98. The average Bonchev–Trinajstić information content (AvgIpc) is 2.34. The molecule has 0 saturated carbocycles. The Morgan fingerprint density at radius 3 is 1.00 bits per heavy atom. The average molecular weight is 226 g/mol. The van der Waals surface area contributed by atoms with Crippen LogP contribution in [0.25, 0.3) is 0 Å². The molecule has 16 heavy (non-hydrogen) atoms. The van der Waals surface area contributed by atoms with E-state index in [0.717, 1.165) is 0 Å². The molecule has 1 aromatic carbocycles. The third-order valence-corrected chi connectivity index (χ3v) is 2.27. The second-order valence-corrected chi connectivity index (χ2v) is 3.98. The molecule has 0 nitrogen and oxygen atoms in total. The first-order valence-corrected chi connectivity index (χ1v) is 6.09. The third kappa shape index (κ3) is 6.60. The van der Waals surface area contributed by atoms with Crippen LogP contribution >= 0.6 is 0 Å². The molecule has 0 heterocycles. The van der Waals surface area contributed by atoms with Gasteiger partial charge in [-0.2, -0.15) is 0 Å². The zero-order valence-corrected chi connectivity index (χ0v) is 11.8. The minimum Gasteiger partial charge on any atom is -0.255 e. The minimum atomic E-state index is 0.500. The van der Waals surface area contributed by atoms with Crippen molar-refractivity contribution < 1.29 is 4.39 Å². The van der Waals surface area contributed by atoms with Gasteiger partial charge in [-0.3, -0.25) is 4.39 Å². The molecular formula is C15H27F. The van der Waals surface area contributed by atoms with Gasteiger partial charge in [0.1, 0.15) is 0 Å². The maximum absolute atomic E-state index is 9.50. The van der Waals surface area contributed by atoms with Crippen molar-refractivity contribution in [2.45, 2.75) is 53.4 Å². The normalized spacial score (nSPS) is 9.12. The van der Waals surface area contributed by atoms with Gasteiger partial charge in [0, 0.05) is 0 Å². The summed E-state index contributed by atoms with van der Waals surface area (Å²) in [5, 5.41) is 0. The van der Waals surface area contributed by atoms with Crippen molar-refractivity contribution >= 4 is 0 Å². The van der Waals surface area contributed by atoms with Crippen molar-refractivity contribution in [3.63, 3.8) is 0 Å². The summed E-state index contributed by atoms with van der Waals surface area (Å²) in [5.74, 6) is 1.29. The van der Waals surface area contributed by atoms with Crippen molar-refractivity contribution in [2.24, 2.45) is 0 Å². The molecule has 0 unspecified atom stereocenters. The molecule has 94 valence electrons. The molecule has 0 aliphatic rings. The van der Waals surface area contributed by atoms with Crippen LogP contribution in [0.4, 0.5) is 4.39 Å². The number of benzene rings is 1. The van der Waals surface area contributed by atoms with Crippen LogP contribution in [-0.2, 0) is 0 Å². The van der Waals surface area contributed by atoms with E-state index in [1.54, 1.807) is 0 Å². The van der Waals surface area contributed by atoms with Crippen LogP contribution in [-0.4, -0.2) is 7.18 Å². The SMILES string of the molecule is CC.CC(C)c1ccc(C(C)C)cc1.CF. The zero-order chi connectivity index (χ0) is 13.1. The fraction of sp³-hybridized carbons (Fsp3) is 0.600. The first-order chi connectivity index (χ1) is 7.61. The van der Waals surface area contributed by atoms with Gasteiger partial charge in [0.2, 0.25) is 0 Å². The monoisotopic (exact) mass is 226 g/mol. The Balaban J connectivity index is 0. The summed E-state index contributed by atoms with van der Waals surface area (Å²) in [4.78, 5) is 0. The van der Waals surface area contributed by atoms with E-state index in [2.05, 4.69) is 52.0 Å². The molecule has 1 aromatic rings. The molecule has 0 spiro atoms. The number of hydrogen-bond donors (Lipinski definition) is 0. The van der Waals surface area contributed by atoms with Gasteiger partial charge in [-0.25, -0.2) is 0 Å². The standard InChI is InChI=1S/C12H18.C2H6.CH3F/c1-9(2)11-5-7-12(8-6-11)10(3)4;2*1-2/h5-10H,1-4H3;1-2H3;1H3. The van der Waals surface area contributed by atoms with E-state index in [1.165, 1.54) is 11.1 Å². The van der Waals surface area contributed by atoms with Crippen molar-refractivity contribution in [1.29, 1.82) is 0 Å². The highest BCUT2D eigenvalue weighted by Crippen LogP contribution is 2.18. The first kappa shape index (κ1) is 17.5. The highest BCUT2D eigenvalue weighted by atomic mass is 19.1. The van der Waals surface area contributed by atoms with Crippen LogP contribution in [0, 0.1) is 0 Å². The fourth-order valence-corrected chi connectivity index (χ4v) is 1.27. The van der Waals surface area contributed by atoms with Crippen molar-refractivity contribution in [1.82, 2.24) is 0 Å². The Kier molecular flexibility index (Phi) is 11.7. The van der Waals surface area contributed by atoms with Crippen molar-refractivity contribution in [2.75, 3.05) is 7.18 Å². The fourth-order valence-electron chi connectivity index (χ4n) is 1.27. The molecule has 0 aromatic heterocycles. The minimum absolute atomic E-state index is 0.500. The molecule has 0 amide bonds. The number of alkyl halides is 1. The van der Waals surface area contributed by atoms with E-state index in [-0.39, 0.29) is 0 Å². The number of halogens is 1. The molecule has 0 bridgehead atoms. The van der Waals surface area contributed by atoms with Gasteiger partial charge < -0.3 is 0 Å². The predicted octanol–water partition coefficient (Wildman–Crippen LogP) is 5.55. The maximum atomic E-state index is 9.50. The second kappa shape index (κ2) is 10.7. The van der Waals surface area contributed by atoms with Gasteiger partial charge in [0.05, 0.1) is 7.18 Å². The van der Waals surface area contributed by atoms with Crippen LogP contribution in [0.1, 0.15) is 64.5 Å². The molecule has 0 radical (unpaired) electrons. The van der Waals surface area contributed by atoms with Gasteiger partial charge in [0.25, 0.3) is 0 Å². The number of rotatable bonds is 2. The third-order valence-electron chi connectivity index (χ3n) is 2.27. The Morgan fingerprint density at radius 2 is 0.875 bits per heavy atom. The lowest BCUT2D eigenvalue weighted by Crippen LogP contribution is -1.90. The quantitative estimate of drug-likeness (QED) is 0.620. The first-order valence-electron chi connectivity index (χ1n) is 6.09. The van der Waals surface area contributed by atoms with E-state index in [9.17, 15) is 4.39 Å². The molecule has 0 N–H and O–H groups in total. The van der Waals surface area contributed by atoms with Crippen LogP contribution in [0.3, 0.4) is 0 Å². The summed E-state index contributed by atoms with van der Waals surface area (Å²) >= 11 is 0. The van der Waals surface area contributed by atoms with E-state index in [4.69, 9.17) is 0 Å². The van der Waals surface area contributed by atoms with Crippen LogP contribution in [0.2, 0.25) is 0 Å². The molecule has 0 aliphatic carbocycles. The smallest absolute Gasteiger partial charge is 0.0785 e. The topological polar surface area (TPSA) is 0 Å². The lowest BCUT2D eigenvalue weighted by atomic mass is 9.97. The Morgan fingerprint density at radius 1 is 0.688 bits per heavy atom. The molecule has 1 rings (SSSR count). The molecule has 0 aliphatic heterocycles. The lowest BCUT2D eigenvalue weighted by Gasteiger charge is -2.08. The van der Waals surface area contributed by atoms with E-state index in [1.807, 2.05) is 13.8 Å². The molecular weight excluding hydrogens is 199 g/mol. The highest BCUT2D eigenvalue weighted by molar-refractivity contribution is 5.26. The summed E-state index contributed by atoms with van der Waals surface area (Å²) in [6.07, 6.45) is 0. The summed E-state index contributed by atoms with van der Waals surface area (Å²) in [5.41, 5.74) is 2.86. The summed E-state index contributed by atoms with van der Waals surface area (Å²) in [6, 6.07) is 8.94. The summed E-state index contributed by atoms with van der Waals surface area (Å²) in [7, 11) is 0.500. The van der Waals surface area contributed by atoms with Crippen LogP contribution in [0.15, 0.2) is 24.3 Å². The van der Waals surface area contributed by atoms with E-state index in [0.29, 0.717) is 19.0 Å².